The lowest BCUT2D eigenvalue weighted by Crippen LogP contribution is -2.33. The van der Waals surface area contributed by atoms with Crippen molar-refractivity contribution in [3.63, 3.8) is 0 Å². The van der Waals surface area contributed by atoms with Gasteiger partial charge in [0.1, 0.15) is 0 Å². The Morgan fingerprint density at radius 3 is 2.83 bits per heavy atom. The van der Waals surface area contributed by atoms with Crippen LogP contribution in [-0.2, 0) is 4.74 Å². The van der Waals surface area contributed by atoms with Crippen molar-refractivity contribution in [3.8, 4) is 12.3 Å². The van der Waals surface area contributed by atoms with Gasteiger partial charge in [0, 0.05) is 4.83 Å². The smallest absolute Gasteiger partial charge is 0.0780 e. The highest BCUT2D eigenvalue weighted by Gasteiger charge is 2.26. The van der Waals surface area contributed by atoms with E-state index >= 15 is 0 Å². The van der Waals surface area contributed by atoms with Gasteiger partial charge in [0.05, 0.1) is 17.6 Å². The van der Waals surface area contributed by atoms with Crippen LogP contribution in [0, 0.1) is 12.3 Å². The maximum Gasteiger partial charge on any atom is 0.0780 e. The van der Waals surface area contributed by atoms with E-state index in [1.54, 1.807) is 6.08 Å². The molecular formula is C15H20BrClO. The Labute approximate surface area is 124 Å². The van der Waals surface area contributed by atoms with Gasteiger partial charge in [-0.2, -0.15) is 0 Å². The summed E-state index contributed by atoms with van der Waals surface area (Å²) in [6.45, 7) is 2.14. The largest absolute Gasteiger partial charge is 0.372 e. The molecule has 1 nitrogen and oxygen atoms in total. The number of hydrogen-bond acceptors (Lipinski definition) is 1. The summed E-state index contributed by atoms with van der Waals surface area (Å²) in [4.78, 5) is 0.347. The fraction of sp³-hybridized carbons (Fsp3) is 0.600. The molecule has 0 radical (unpaired) electrons. The Morgan fingerprint density at radius 2 is 2.17 bits per heavy atom. The van der Waals surface area contributed by atoms with Crippen LogP contribution in [0.2, 0.25) is 0 Å². The molecule has 3 heteroatoms. The lowest BCUT2D eigenvalue weighted by Gasteiger charge is -2.28. The van der Waals surface area contributed by atoms with E-state index in [9.17, 15) is 0 Å². The van der Waals surface area contributed by atoms with E-state index in [1.165, 1.54) is 0 Å². The molecule has 0 N–H and O–H groups in total. The molecule has 1 aliphatic heterocycles. The van der Waals surface area contributed by atoms with E-state index in [2.05, 4.69) is 40.9 Å². The molecular weight excluding hydrogens is 312 g/mol. The first-order valence-corrected chi connectivity index (χ1v) is 7.74. The lowest BCUT2D eigenvalue weighted by atomic mass is 10.1. The third kappa shape index (κ3) is 5.18. The highest BCUT2D eigenvalue weighted by Crippen LogP contribution is 2.26. The summed E-state index contributed by atoms with van der Waals surface area (Å²) in [6, 6.07) is 0. The summed E-state index contributed by atoms with van der Waals surface area (Å²) in [7, 11) is 0. The minimum atomic E-state index is -0.00414. The SMILES string of the molecule is C#CC=CC[C@@H]1O[C@H](CC)[C@H](Br)C/C=C\C[C@@H]1Cl. The van der Waals surface area contributed by atoms with Gasteiger partial charge in [-0.05, 0) is 31.8 Å². The molecule has 0 unspecified atom stereocenters. The molecule has 0 amide bonds. The number of alkyl halides is 2. The number of terminal acetylenes is 1. The second-order valence-corrected chi connectivity index (χ2v) is 6.14. The molecule has 0 aliphatic carbocycles. The maximum absolute atomic E-state index is 6.40. The molecule has 0 aromatic carbocycles. The zero-order chi connectivity index (χ0) is 13.4. The van der Waals surface area contributed by atoms with Crippen molar-refractivity contribution in [2.75, 3.05) is 0 Å². The zero-order valence-electron chi connectivity index (χ0n) is 10.7. The number of rotatable bonds is 3. The maximum atomic E-state index is 6.40. The molecule has 0 fully saturated rings. The summed E-state index contributed by atoms with van der Waals surface area (Å²) in [6.07, 6.45) is 17.0. The zero-order valence-corrected chi connectivity index (χ0v) is 13.0. The fourth-order valence-corrected chi connectivity index (χ4v) is 2.96. The van der Waals surface area contributed by atoms with Gasteiger partial charge in [0.25, 0.3) is 0 Å². The normalized spacial score (nSPS) is 35.4. The number of allylic oxidation sites excluding steroid dienone is 3. The highest BCUT2D eigenvalue weighted by atomic mass is 79.9. The van der Waals surface area contributed by atoms with Crippen LogP contribution in [0.4, 0.5) is 0 Å². The summed E-state index contributed by atoms with van der Waals surface area (Å²) < 4.78 is 6.15. The predicted octanol–water partition coefficient (Wildman–Crippen LogP) is 4.45. The van der Waals surface area contributed by atoms with Gasteiger partial charge in [-0.15, -0.1) is 18.0 Å². The lowest BCUT2D eigenvalue weighted by molar-refractivity contribution is -0.0123. The molecule has 0 spiro atoms. The summed E-state index contributed by atoms with van der Waals surface area (Å²) in [5.74, 6) is 2.49. The topological polar surface area (TPSA) is 9.23 Å². The van der Waals surface area contributed by atoms with Crippen molar-refractivity contribution >= 4 is 27.5 Å². The van der Waals surface area contributed by atoms with Crippen LogP contribution in [0.15, 0.2) is 24.3 Å². The highest BCUT2D eigenvalue weighted by molar-refractivity contribution is 9.09. The molecule has 1 aliphatic rings. The first kappa shape index (κ1) is 15.8. The molecule has 0 saturated carbocycles. The monoisotopic (exact) mass is 330 g/mol. The third-order valence-electron chi connectivity index (χ3n) is 3.03. The first-order valence-electron chi connectivity index (χ1n) is 6.38. The average molecular weight is 332 g/mol. The molecule has 4 atom stereocenters. The Kier molecular flexibility index (Phi) is 7.74. The molecule has 0 aromatic heterocycles. The van der Waals surface area contributed by atoms with E-state index < -0.39 is 0 Å². The van der Waals surface area contributed by atoms with Crippen LogP contribution in [-0.4, -0.2) is 22.4 Å². The average Bonchev–Trinajstić information content (AvgIpc) is 2.43. The van der Waals surface area contributed by atoms with E-state index in [4.69, 9.17) is 22.8 Å². The fourth-order valence-electron chi connectivity index (χ4n) is 1.98. The minimum absolute atomic E-state index is 0.00414. The second kappa shape index (κ2) is 8.80. The molecule has 1 heterocycles. The Hall–Kier alpha value is -0.230. The van der Waals surface area contributed by atoms with Gasteiger partial charge in [-0.3, -0.25) is 0 Å². The number of halogens is 2. The van der Waals surface area contributed by atoms with Gasteiger partial charge in [0.2, 0.25) is 0 Å². The van der Waals surface area contributed by atoms with Crippen LogP contribution in [0.1, 0.15) is 32.6 Å². The number of ether oxygens (including phenoxy) is 1. The van der Waals surface area contributed by atoms with Gasteiger partial charge < -0.3 is 4.74 Å². The van der Waals surface area contributed by atoms with Crippen molar-refractivity contribution < 1.29 is 4.74 Å². The summed E-state index contributed by atoms with van der Waals surface area (Å²) in [5, 5.41) is -0.00414. The Balaban J connectivity index is 2.73. The van der Waals surface area contributed by atoms with E-state index in [-0.39, 0.29) is 17.6 Å². The molecule has 0 bridgehead atoms. The van der Waals surface area contributed by atoms with Crippen molar-refractivity contribution in [1.82, 2.24) is 0 Å². The Morgan fingerprint density at radius 1 is 1.44 bits per heavy atom. The van der Waals surface area contributed by atoms with Gasteiger partial charge in [0.15, 0.2) is 0 Å². The quantitative estimate of drug-likeness (QED) is 0.422. The van der Waals surface area contributed by atoms with Gasteiger partial charge in [-0.1, -0.05) is 47.0 Å². The second-order valence-electron chi connectivity index (χ2n) is 4.40. The molecule has 0 saturated heterocycles. The van der Waals surface area contributed by atoms with E-state index in [1.807, 2.05) is 6.08 Å². The van der Waals surface area contributed by atoms with Crippen molar-refractivity contribution in [2.24, 2.45) is 0 Å². The summed E-state index contributed by atoms with van der Waals surface area (Å²) >= 11 is 10.1. The van der Waals surface area contributed by atoms with Crippen LogP contribution in [0.25, 0.3) is 0 Å². The van der Waals surface area contributed by atoms with Crippen molar-refractivity contribution in [1.29, 1.82) is 0 Å². The predicted molar refractivity (Wildman–Crippen MR) is 82.3 cm³/mol. The first-order chi connectivity index (χ1) is 8.69. The van der Waals surface area contributed by atoms with Crippen LogP contribution in [0.3, 0.4) is 0 Å². The van der Waals surface area contributed by atoms with Gasteiger partial charge in [-0.25, -0.2) is 0 Å². The van der Waals surface area contributed by atoms with Crippen LogP contribution < -0.4 is 0 Å². The van der Waals surface area contributed by atoms with E-state index in [0.717, 1.165) is 25.7 Å². The summed E-state index contributed by atoms with van der Waals surface area (Å²) in [5.41, 5.74) is 0. The van der Waals surface area contributed by atoms with Crippen LogP contribution >= 0.6 is 27.5 Å². The number of hydrogen-bond donors (Lipinski definition) is 0. The minimum Gasteiger partial charge on any atom is -0.372 e. The molecule has 100 valence electrons. The Bertz CT molecular complexity index is 332. The molecule has 18 heavy (non-hydrogen) atoms. The third-order valence-corrected chi connectivity index (χ3v) is 4.45. The molecule has 0 aromatic rings. The standard InChI is InChI=1S/C15H20BrClO/c1-3-5-6-11-15-13(17)10-8-7-9-12(16)14(4-2)18-15/h1,5-8,12-15H,4,9-11H2,2H3/b6-5?,8-7-/t12-,13+,14-,15+/m1/s1. The van der Waals surface area contributed by atoms with E-state index in [0.29, 0.717) is 4.83 Å². The van der Waals surface area contributed by atoms with Crippen molar-refractivity contribution in [3.05, 3.63) is 24.3 Å². The van der Waals surface area contributed by atoms with Crippen molar-refractivity contribution in [2.45, 2.75) is 55.0 Å². The van der Waals surface area contributed by atoms with Gasteiger partial charge >= 0.3 is 0 Å². The van der Waals surface area contributed by atoms with Crippen LogP contribution in [0.5, 0.6) is 0 Å². The molecule has 1 rings (SSSR count).